The Morgan fingerprint density at radius 2 is 1.84 bits per heavy atom. The molecule has 1 saturated carbocycles. The molecule has 3 atom stereocenters. The number of rotatable bonds is 3. The van der Waals surface area contributed by atoms with Gasteiger partial charge in [-0.05, 0) is 42.7 Å². The van der Waals surface area contributed by atoms with Gasteiger partial charge in [0.25, 0.3) is 0 Å². The summed E-state index contributed by atoms with van der Waals surface area (Å²) in [6.07, 6.45) is 3.46. The molecule has 0 aliphatic heterocycles. The predicted octanol–water partition coefficient (Wildman–Crippen LogP) is 2.79. The molecule has 106 valence electrons. The molecule has 0 bridgehead atoms. The van der Waals surface area contributed by atoms with E-state index in [9.17, 15) is 0 Å². The zero-order valence-electron chi connectivity index (χ0n) is 11.9. The first-order valence-electron chi connectivity index (χ1n) is 6.71. The molecule has 3 unspecified atom stereocenters. The molecular weight excluding hydrogens is 264 g/mol. The first kappa shape index (κ1) is 14.3. The maximum absolute atomic E-state index is 5.89. The Balaban J connectivity index is 2.07. The fraction of sp³-hybridized carbons (Fsp3) is 0.769. The average Bonchev–Trinajstić information content (AvgIpc) is 2.33. The highest BCUT2D eigenvalue weighted by molar-refractivity contribution is 6.28. The lowest BCUT2D eigenvalue weighted by atomic mass is 9.80. The van der Waals surface area contributed by atoms with Gasteiger partial charge in [-0.3, -0.25) is 0 Å². The fourth-order valence-electron chi connectivity index (χ4n) is 2.33. The van der Waals surface area contributed by atoms with Gasteiger partial charge >= 0.3 is 6.01 Å². The minimum atomic E-state index is 0.172. The van der Waals surface area contributed by atoms with Gasteiger partial charge in [-0.25, -0.2) is 0 Å². The Hall–Kier alpha value is -1.10. The predicted molar refractivity (Wildman–Crippen MR) is 75.8 cm³/mol. The first-order chi connectivity index (χ1) is 8.95. The highest BCUT2D eigenvalue weighted by Gasteiger charge is 2.26. The van der Waals surface area contributed by atoms with Crippen LogP contribution in [0.3, 0.4) is 0 Å². The molecule has 2 rings (SSSR count). The van der Waals surface area contributed by atoms with Gasteiger partial charge in [-0.1, -0.05) is 13.8 Å². The largest absolute Gasteiger partial charge is 0.460 e. The summed E-state index contributed by atoms with van der Waals surface area (Å²) in [4.78, 5) is 14.1. The van der Waals surface area contributed by atoms with E-state index < -0.39 is 0 Å². The summed E-state index contributed by atoms with van der Waals surface area (Å²) in [6, 6.07) is 0.329. The summed E-state index contributed by atoms with van der Waals surface area (Å²) < 4.78 is 5.87. The van der Waals surface area contributed by atoms with Crippen LogP contribution in [-0.4, -0.2) is 35.2 Å². The van der Waals surface area contributed by atoms with Gasteiger partial charge in [0.05, 0.1) is 0 Å². The number of nitrogens with zero attached hydrogens (tertiary/aromatic N) is 4. The summed E-state index contributed by atoms with van der Waals surface area (Å²) in [5.74, 6) is 1.95. The third-order valence-corrected chi connectivity index (χ3v) is 3.97. The van der Waals surface area contributed by atoms with Crippen molar-refractivity contribution in [2.24, 2.45) is 11.8 Å². The standard InChI is InChI=1S/C13H21ClN4O/c1-8-5-6-10(7-9(8)2)19-13-16-11(14)15-12(17-13)18(3)4/h8-10H,5-7H2,1-4H3. The molecule has 6 heteroatoms. The van der Waals surface area contributed by atoms with Crippen LogP contribution in [0.1, 0.15) is 33.1 Å². The zero-order chi connectivity index (χ0) is 14.0. The normalized spacial score (nSPS) is 27.1. The summed E-state index contributed by atoms with van der Waals surface area (Å²) in [7, 11) is 3.72. The zero-order valence-corrected chi connectivity index (χ0v) is 12.7. The van der Waals surface area contributed by atoms with Crippen molar-refractivity contribution in [2.45, 2.75) is 39.2 Å². The van der Waals surface area contributed by atoms with Crippen LogP contribution >= 0.6 is 11.6 Å². The van der Waals surface area contributed by atoms with E-state index in [-0.39, 0.29) is 11.4 Å². The van der Waals surface area contributed by atoms with Crippen molar-refractivity contribution in [2.75, 3.05) is 19.0 Å². The summed E-state index contributed by atoms with van der Waals surface area (Å²) >= 11 is 5.89. The van der Waals surface area contributed by atoms with Crippen molar-refractivity contribution in [1.82, 2.24) is 15.0 Å². The Bertz CT molecular complexity index is 441. The Morgan fingerprint density at radius 1 is 1.11 bits per heavy atom. The monoisotopic (exact) mass is 284 g/mol. The lowest BCUT2D eigenvalue weighted by molar-refractivity contribution is 0.0918. The quantitative estimate of drug-likeness (QED) is 0.854. The fourth-order valence-corrected chi connectivity index (χ4v) is 2.48. The molecule has 1 fully saturated rings. The maximum atomic E-state index is 5.89. The van der Waals surface area contributed by atoms with Gasteiger partial charge in [-0.2, -0.15) is 15.0 Å². The number of ether oxygens (including phenoxy) is 1. The van der Waals surface area contributed by atoms with Crippen LogP contribution in [0.15, 0.2) is 0 Å². The van der Waals surface area contributed by atoms with Crippen LogP contribution in [0.2, 0.25) is 5.28 Å². The third-order valence-electron chi connectivity index (χ3n) is 3.80. The number of anilines is 1. The van der Waals surface area contributed by atoms with Crippen LogP contribution < -0.4 is 9.64 Å². The van der Waals surface area contributed by atoms with Gasteiger partial charge < -0.3 is 9.64 Å². The van der Waals surface area contributed by atoms with E-state index in [1.807, 2.05) is 14.1 Å². The van der Waals surface area contributed by atoms with Crippen LogP contribution in [0.25, 0.3) is 0 Å². The van der Waals surface area contributed by atoms with Crippen molar-refractivity contribution in [3.8, 4) is 6.01 Å². The lowest BCUT2D eigenvalue weighted by Crippen LogP contribution is -2.29. The number of hydrogen-bond donors (Lipinski definition) is 0. The van der Waals surface area contributed by atoms with Crippen LogP contribution in [0.5, 0.6) is 6.01 Å². The van der Waals surface area contributed by atoms with E-state index in [0.717, 1.165) is 18.8 Å². The molecule has 1 aromatic heterocycles. The summed E-state index contributed by atoms with van der Waals surface area (Å²) in [5.41, 5.74) is 0. The van der Waals surface area contributed by atoms with Gasteiger partial charge in [0, 0.05) is 14.1 Å². The van der Waals surface area contributed by atoms with Crippen molar-refractivity contribution >= 4 is 17.5 Å². The number of hydrogen-bond acceptors (Lipinski definition) is 5. The highest BCUT2D eigenvalue weighted by Crippen LogP contribution is 2.31. The molecule has 0 spiro atoms. The molecule has 0 saturated heterocycles. The topological polar surface area (TPSA) is 51.1 Å². The van der Waals surface area contributed by atoms with E-state index in [0.29, 0.717) is 17.9 Å². The lowest BCUT2D eigenvalue weighted by Gasteiger charge is -2.31. The molecule has 1 aromatic rings. The van der Waals surface area contributed by atoms with E-state index in [4.69, 9.17) is 16.3 Å². The minimum absolute atomic E-state index is 0.172. The third kappa shape index (κ3) is 3.69. The van der Waals surface area contributed by atoms with E-state index >= 15 is 0 Å². The average molecular weight is 285 g/mol. The van der Waals surface area contributed by atoms with Crippen LogP contribution in [-0.2, 0) is 0 Å². The van der Waals surface area contributed by atoms with Gasteiger partial charge in [0.1, 0.15) is 6.10 Å². The Kier molecular flexibility index (Phi) is 4.45. The van der Waals surface area contributed by atoms with E-state index in [1.165, 1.54) is 6.42 Å². The molecule has 0 amide bonds. The highest BCUT2D eigenvalue weighted by atomic mass is 35.5. The molecule has 1 aliphatic carbocycles. The van der Waals surface area contributed by atoms with Crippen LogP contribution in [0.4, 0.5) is 5.95 Å². The van der Waals surface area contributed by atoms with E-state index in [1.54, 1.807) is 4.90 Å². The molecule has 19 heavy (non-hydrogen) atoms. The smallest absolute Gasteiger partial charge is 0.322 e. The van der Waals surface area contributed by atoms with Gasteiger partial charge in [-0.15, -0.1) is 0 Å². The second-order valence-electron chi connectivity index (χ2n) is 5.59. The van der Waals surface area contributed by atoms with Crippen LogP contribution in [0, 0.1) is 11.8 Å². The SMILES string of the molecule is CC1CCC(Oc2nc(Cl)nc(N(C)C)n2)CC1C. The van der Waals surface area contributed by atoms with Crippen molar-refractivity contribution in [3.63, 3.8) is 0 Å². The molecule has 1 aliphatic rings. The van der Waals surface area contributed by atoms with E-state index in [2.05, 4.69) is 28.8 Å². The summed E-state index contributed by atoms with van der Waals surface area (Å²) in [6.45, 7) is 4.57. The maximum Gasteiger partial charge on any atom is 0.322 e. The molecule has 5 nitrogen and oxygen atoms in total. The number of aromatic nitrogens is 3. The molecule has 0 N–H and O–H groups in total. The van der Waals surface area contributed by atoms with Crippen molar-refractivity contribution in [1.29, 1.82) is 0 Å². The molecule has 0 radical (unpaired) electrons. The molecular formula is C13H21ClN4O. The van der Waals surface area contributed by atoms with Crippen molar-refractivity contribution in [3.05, 3.63) is 5.28 Å². The Morgan fingerprint density at radius 3 is 2.47 bits per heavy atom. The van der Waals surface area contributed by atoms with Gasteiger partial charge in [0.15, 0.2) is 0 Å². The summed E-state index contributed by atoms with van der Waals surface area (Å²) in [5, 5.41) is 0.172. The van der Waals surface area contributed by atoms with Gasteiger partial charge in [0.2, 0.25) is 11.2 Å². The van der Waals surface area contributed by atoms with Crippen molar-refractivity contribution < 1.29 is 4.74 Å². The molecule has 1 heterocycles. The minimum Gasteiger partial charge on any atom is -0.460 e. The molecule has 0 aromatic carbocycles. The number of halogens is 1. The Labute approximate surface area is 119 Å². The second-order valence-corrected chi connectivity index (χ2v) is 5.93. The first-order valence-corrected chi connectivity index (χ1v) is 7.09. The second kappa shape index (κ2) is 5.90.